The molecule has 126 valence electrons. The van der Waals surface area contributed by atoms with Crippen LogP contribution in [0.15, 0.2) is 11.6 Å². The van der Waals surface area contributed by atoms with Gasteiger partial charge in [0.2, 0.25) is 0 Å². The quantitative estimate of drug-likeness (QED) is 0.572. The third-order valence-corrected chi connectivity index (χ3v) is 9.42. The molecular weight excluding hydrogens is 352 g/mol. The summed E-state index contributed by atoms with van der Waals surface area (Å²) in [6.45, 7) is 6.96. The van der Waals surface area contributed by atoms with Gasteiger partial charge in [0, 0.05) is 23.1 Å². The van der Waals surface area contributed by atoms with Crippen molar-refractivity contribution < 1.29 is 9.59 Å². The lowest BCUT2D eigenvalue weighted by molar-refractivity contribution is -0.134. The molecule has 0 saturated heterocycles. The lowest BCUT2D eigenvalue weighted by atomic mass is 9.45. The number of halogens is 1. The normalized spacial score (nSPS) is 52.5. The van der Waals surface area contributed by atoms with E-state index in [0.29, 0.717) is 41.7 Å². The van der Waals surface area contributed by atoms with Gasteiger partial charge in [0.05, 0.1) is 0 Å². The Balaban J connectivity index is 1.79. The zero-order valence-electron chi connectivity index (χ0n) is 14.4. The van der Waals surface area contributed by atoms with E-state index in [-0.39, 0.29) is 15.7 Å². The third-order valence-electron chi connectivity index (χ3n) is 8.09. The van der Waals surface area contributed by atoms with Crippen molar-refractivity contribution in [2.75, 3.05) is 0 Å². The van der Waals surface area contributed by atoms with Crippen LogP contribution in [0.4, 0.5) is 0 Å². The topological polar surface area (TPSA) is 34.1 Å². The van der Waals surface area contributed by atoms with Crippen LogP contribution in [0.5, 0.6) is 0 Å². The SMILES string of the molecule is C[C@H]1[C@@H]2[C@H](CC[C@]3(C)C(=O)CC[C@@H]23)[C@@]2(C)CCC(=O)C=C2[C@@H]1Br. The molecule has 3 saturated carbocycles. The summed E-state index contributed by atoms with van der Waals surface area (Å²) in [4.78, 5) is 24.8. The number of rotatable bonds is 0. The summed E-state index contributed by atoms with van der Waals surface area (Å²) in [5, 5.41) is 0. The van der Waals surface area contributed by atoms with Crippen LogP contribution in [0.3, 0.4) is 0 Å². The van der Waals surface area contributed by atoms with E-state index < -0.39 is 0 Å². The van der Waals surface area contributed by atoms with Gasteiger partial charge in [0.25, 0.3) is 0 Å². The van der Waals surface area contributed by atoms with E-state index in [1.807, 2.05) is 6.08 Å². The van der Waals surface area contributed by atoms with Crippen LogP contribution in [0.2, 0.25) is 0 Å². The van der Waals surface area contributed by atoms with E-state index in [2.05, 4.69) is 36.7 Å². The van der Waals surface area contributed by atoms with Crippen LogP contribution in [0.25, 0.3) is 0 Å². The number of hydrogen-bond donors (Lipinski definition) is 0. The number of hydrogen-bond acceptors (Lipinski definition) is 2. The Labute approximate surface area is 147 Å². The van der Waals surface area contributed by atoms with Crippen LogP contribution >= 0.6 is 15.9 Å². The highest BCUT2D eigenvalue weighted by Gasteiger charge is 2.62. The predicted octanol–water partition coefficient (Wildman–Crippen LogP) is 4.71. The number of fused-ring (bicyclic) bond motifs is 5. The molecule has 0 unspecified atom stereocenters. The number of carbonyl (C=O) groups excluding carboxylic acids is 2. The summed E-state index contributed by atoms with van der Waals surface area (Å²) in [6, 6.07) is 0. The molecule has 0 spiro atoms. The van der Waals surface area contributed by atoms with E-state index in [9.17, 15) is 9.59 Å². The molecule has 0 aromatic rings. The summed E-state index contributed by atoms with van der Waals surface area (Å²) >= 11 is 3.94. The van der Waals surface area contributed by atoms with E-state index in [4.69, 9.17) is 0 Å². The van der Waals surface area contributed by atoms with Crippen LogP contribution in [-0.2, 0) is 9.59 Å². The largest absolute Gasteiger partial charge is 0.299 e. The molecule has 4 aliphatic carbocycles. The first-order chi connectivity index (χ1) is 10.8. The van der Waals surface area contributed by atoms with Gasteiger partial charge in [-0.2, -0.15) is 0 Å². The minimum atomic E-state index is -0.0792. The van der Waals surface area contributed by atoms with E-state index >= 15 is 0 Å². The Kier molecular flexibility index (Phi) is 3.51. The molecule has 0 aromatic carbocycles. The van der Waals surface area contributed by atoms with Crippen LogP contribution in [-0.4, -0.2) is 16.4 Å². The smallest absolute Gasteiger partial charge is 0.155 e. The van der Waals surface area contributed by atoms with Gasteiger partial charge < -0.3 is 0 Å². The van der Waals surface area contributed by atoms with Crippen molar-refractivity contribution in [3.63, 3.8) is 0 Å². The average Bonchev–Trinajstić information content (AvgIpc) is 2.82. The predicted molar refractivity (Wildman–Crippen MR) is 94.4 cm³/mol. The Morgan fingerprint density at radius 3 is 2.48 bits per heavy atom. The standard InChI is InChI=1S/C20H27BrO2/c1-11-17-13-4-5-16(23)20(13,3)9-7-14(17)19(2)8-6-12(22)10-15(19)18(11)21/h10-11,13-14,17-18H,4-9H2,1-3H3/t11-,13-,14-,17-,18+,19+,20-/m0/s1. The number of alkyl halides is 1. The molecule has 2 nitrogen and oxygen atoms in total. The molecule has 0 aromatic heterocycles. The van der Waals surface area contributed by atoms with Crippen LogP contribution < -0.4 is 0 Å². The lowest BCUT2D eigenvalue weighted by Gasteiger charge is -2.60. The molecule has 0 radical (unpaired) electrons. The van der Waals surface area contributed by atoms with Gasteiger partial charge in [0.15, 0.2) is 5.78 Å². The van der Waals surface area contributed by atoms with E-state index in [1.165, 1.54) is 5.57 Å². The summed E-state index contributed by atoms with van der Waals surface area (Å²) in [7, 11) is 0. The first kappa shape index (κ1) is 16.1. The molecule has 23 heavy (non-hydrogen) atoms. The number of carbonyl (C=O) groups is 2. The van der Waals surface area contributed by atoms with Gasteiger partial charge in [-0.25, -0.2) is 0 Å². The van der Waals surface area contributed by atoms with E-state index in [1.54, 1.807) is 0 Å². The van der Waals surface area contributed by atoms with Crippen LogP contribution in [0, 0.1) is 34.5 Å². The van der Waals surface area contributed by atoms with Gasteiger partial charge >= 0.3 is 0 Å². The second kappa shape index (κ2) is 5.03. The highest BCUT2D eigenvalue weighted by molar-refractivity contribution is 9.09. The number of Topliss-reactive ketones (excluding diaryl/α,β-unsaturated/α-hetero) is 1. The highest BCUT2D eigenvalue weighted by atomic mass is 79.9. The second-order valence-electron chi connectivity index (χ2n) is 8.95. The van der Waals surface area contributed by atoms with Gasteiger partial charge in [-0.05, 0) is 66.4 Å². The maximum atomic E-state index is 12.5. The van der Waals surface area contributed by atoms with Crippen LogP contribution in [0.1, 0.15) is 59.3 Å². The Morgan fingerprint density at radius 2 is 1.74 bits per heavy atom. The highest BCUT2D eigenvalue weighted by Crippen LogP contribution is 2.66. The maximum absolute atomic E-state index is 12.5. The molecule has 0 bridgehead atoms. The Bertz CT molecular complexity index is 609. The molecule has 0 heterocycles. The van der Waals surface area contributed by atoms with Crippen molar-refractivity contribution in [1.82, 2.24) is 0 Å². The number of allylic oxidation sites excluding steroid dienone is 1. The molecule has 0 N–H and O–H groups in total. The third kappa shape index (κ3) is 1.98. The van der Waals surface area contributed by atoms with Gasteiger partial charge in [-0.1, -0.05) is 36.7 Å². The fourth-order valence-corrected chi connectivity index (χ4v) is 7.66. The monoisotopic (exact) mass is 378 g/mol. The van der Waals surface area contributed by atoms with Crippen molar-refractivity contribution >= 4 is 27.5 Å². The van der Waals surface area contributed by atoms with Crippen molar-refractivity contribution in [2.45, 2.75) is 64.1 Å². The summed E-state index contributed by atoms with van der Waals surface area (Å²) in [5.74, 6) is 3.09. The molecule has 3 fully saturated rings. The molecule has 4 rings (SSSR count). The molecule has 3 heteroatoms. The minimum Gasteiger partial charge on any atom is -0.299 e. The van der Waals surface area contributed by atoms with Crippen molar-refractivity contribution in [3.05, 3.63) is 11.6 Å². The maximum Gasteiger partial charge on any atom is 0.155 e. The second-order valence-corrected chi connectivity index (χ2v) is 9.94. The van der Waals surface area contributed by atoms with Gasteiger partial charge in [0.1, 0.15) is 5.78 Å². The summed E-state index contributed by atoms with van der Waals surface area (Å²) in [6.07, 6.45) is 7.69. The minimum absolute atomic E-state index is 0.0792. The number of ketones is 2. The first-order valence-electron chi connectivity index (χ1n) is 9.21. The Morgan fingerprint density at radius 1 is 1.04 bits per heavy atom. The van der Waals surface area contributed by atoms with Crippen molar-refractivity contribution in [2.24, 2.45) is 34.5 Å². The van der Waals surface area contributed by atoms with Crippen molar-refractivity contribution in [3.8, 4) is 0 Å². The molecule has 4 aliphatic rings. The Hall–Kier alpha value is -0.440. The van der Waals surface area contributed by atoms with E-state index in [0.717, 1.165) is 32.1 Å². The fraction of sp³-hybridized carbons (Fsp3) is 0.800. The molecular formula is C20H27BrO2. The zero-order valence-corrected chi connectivity index (χ0v) is 16.0. The fourth-order valence-electron chi connectivity index (χ4n) is 6.65. The zero-order chi connectivity index (χ0) is 16.6. The molecule has 0 aliphatic heterocycles. The summed E-state index contributed by atoms with van der Waals surface area (Å²) < 4.78 is 0. The van der Waals surface area contributed by atoms with Gasteiger partial charge in [-0.3, -0.25) is 9.59 Å². The van der Waals surface area contributed by atoms with Gasteiger partial charge in [-0.15, -0.1) is 0 Å². The molecule has 7 atom stereocenters. The summed E-state index contributed by atoms with van der Waals surface area (Å²) in [5.41, 5.74) is 1.41. The average molecular weight is 379 g/mol. The molecule has 0 amide bonds. The lowest BCUT2D eigenvalue weighted by Crippen LogP contribution is -2.56. The van der Waals surface area contributed by atoms with Crippen molar-refractivity contribution in [1.29, 1.82) is 0 Å². The first-order valence-corrected chi connectivity index (χ1v) is 10.1.